The third-order valence-corrected chi connectivity index (χ3v) is 6.46. The van der Waals surface area contributed by atoms with Crippen LogP contribution in [-0.2, 0) is 15.7 Å². The summed E-state index contributed by atoms with van der Waals surface area (Å²) in [5.41, 5.74) is -1.12. The van der Waals surface area contributed by atoms with E-state index in [-0.39, 0.29) is 14.9 Å². The fourth-order valence-corrected chi connectivity index (χ4v) is 5.05. The van der Waals surface area contributed by atoms with E-state index in [1.54, 1.807) is 4.90 Å². The highest BCUT2D eigenvalue weighted by molar-refractivity contribution is 8.14. The van der Waals surface area contributed by atoms with Gasteiger partial charge < -0.3 is 10.0 Å². The molecule has 128 valence electrons. The van der Waals surface area contributed by atoms with Crippen LogP contribution >= 0.6 is 35.0 Å². The first-order valence-electron chi connectivity index (χ1n) is 6.84. The number of primary sulfonamides is 1. The van der Waals surface area contributed by atoms with Crippen LogP contribution in [0.2, 0.25) is 10.0 Å². The zero-order chi connectivity index (χ0) is 17.4. The molecule has 0 aliphatic carbocycles. The number of amidine groups is 1. The average Bonchev–Trinajstić information content (AvgIpc) is 2.78. The number of thioether (sulfide) groups is 1. The van der Waals surface area contributed by atoms with Crippen LogP contribution in [-0.4, -0.2) is 42.4 Å². The Bertz CT molecular complexity index is 755. The Morgan fingerprint density at radius 3 is 2.61 bits per heavy atom. The van der Waals surface area contributed by atoms with E-state index >= 15 is 0 Å². The highest BCUT2D eigenvalue weighted by Crippen LogP contribution is 2.42. The van der Waals surface area contributed by atoms with E-state index in [4.69, 9.17) is 28.3 Å². The molecular formula is C13H17Cl2N3O3S2. The molecule has 1 aromatic carbocycles. The van der Waals surface area contributed by atoms with Crippen molar-refractivity contribution in [3.63, 3.8) is 0 Å². The molecule has 1 heterocycles. The largest absolute Gasteiger partial charge is 0.366 e. The van der Waals surface area contributed by atoms with Crippen LogP contribution in [0.4, 0.5) is 0 Å². The van der Waals surface area contributed by atoms with Crippen molar-refractivity contribution in [3.05, 3.63) is 27.7 Å². The molecule has 1 aliphatic heterocycles. The molecule has 1 unspecified atom stereocenters. The topological polar surface area (TPSA) is 96.0 Å². The number of aliphatic imine (C=N–C) groups is 1. The van der Waals surface area contributed by atoms with E-state index in [9.17, 15) is 13.5 Å². The summed E-state index contributed by atoms with van der Waals surface area (Å²) in [4.78, 5) is 5.75. The Morgan fingerprint density at radius 1 is 1.43 bits per heavy atom. The van der Waals surface area contributed by atoms with Crippen LogP contribution in [0.1, 0.15) is 19.4 Å². The van der Waals surface area contributed by atoms with Crippen molar-refractivity contribution in [2.75, 3.05) is 18.8 Å². The third-order valence-electron chi connectivity index (χ3n) is 3.45. The maximum atomic E-state index is 11.7. The van der Waals surface area contributed by atoms with Crippen molar-refractivity contribution in [1.82, 2.24) is 4.90 Å². The number of halogens is 2. The van der Waals surface area contributed by atoms with Crippen LogP contribution in [0.3, 0.4) is 0 Å². The minimum Gasteiger partial charge on any atom is -0.366 e. The van der Waals surface area contributed by atoms with Gasteiger partial charge in [0.1, 0.15) is 4.90 Å². The van der Waals surface area contributed by atoms with E-state index in [1.165, 1.54) is 23.9 Å². The summed E-state index contributed by atoms with van der Waals surface area (Å²) in [6.45, 7) is 4.85. The second kappa shape index (κ2) is 6.78. The maximum Gasteiger partial charge on any atom is 0.239 e. The zero-order valence-electron chi connectivity index (χ0n) is 12.6. The molecule has 0 amide bonds. The summed E-state index contributed by atoms with van der Waals surface area (Å²) in [7, 11) is -4.07. The molecule has 1 aliphatic rings. The quantitative estimate of drug-likeness (QED) is 0.811. The Balaban J connectivity index is 2.62. The van der Waals surface area contributed by atoms with E-state index in [0.717, 1.165) is 0 Å². The lowest BCUT2D eigenvalue weighted by molar-refractivity contribution is -0.0455. The molecule has 1 fully saturated rings. The van der Waals surface area contributed by atoms with Crippen LogP contribution in [0.25, 0.3) is 0 Å². The van der Waals surface area contributed by atoms with E-state index in [1.807, 2.05) is 13.8 Å². The fourth-order valence-electron chi connectivity index (χ4n) is 2.38. The number of benzene rings is 1. The molecular weight excluding hydrogens is 381 g/mol. The summed E-state index contributed by atoms with van der Waals surface area (Å²) < 4.78 is 23.4. The molecule has 1 aromatic rings. The maximum absolute atomic E-state index is 11.7. The van der Waals surface area contributed by atoms with Crippen LogP contribution < -0.4 is 5.14 Å². The van der Waals surface area contributed by atoms with Gasteiger partial charge in [-0.2, -0.15) is 0 Å². The molecule has 2 rings (SSSR count). The van der Waals surface area contributed by atoms with Gasteiger partial charge in [0, 0.05) is 18.7 Å². The fraction of sp³-hybridized carbons (Fsp3) is 0.462. The lowest BCUT2D eigenvalue weighted by Crippen LogP contribution is -2.45. The molecule has 10 heteroatoms. The van der Waals surface area contributed by atoms with Gasteiger partial charge in [-0.3, -0.25) is 4.99 Å². The normalized spacial score (nSPS) is 23.7. The van der Waals surface area contributed by atoms with Crippen LogP contribution in [0.15, 0.2) is 22.0 Å². The van der Waals surface area contributed by atoms with E-state index < -0.39 is 15.7 Å². The van der Waals surface area contributed by atoms with Crippen LogP contribution in [0.5, 0.6) is 0 Å². The summed E-state index contributed by atoms with van der Waals surface area (Å²) in [6, 6.07) is 2.72. The Morgan fingerprint density at radius 2 is 2.09 bits per heavy atom. The number of hydrogen-bond donors (Lipinski definition) is 2. The Kier molecular flexibility index (Phi) is 5.55. The Hall–Kier alpha value is -0.510. The summed E-state index contributed by atoms with van der Waals surface area (Å²) in [5.74, 6) is 0.293. The number of sulfonamides is 1. The van der Waals surface area contributed by atoms with Gasteiger partial charge in [0.15, 0.2) is 10.9 Å². The van der Waals surface area contributed by atoms with Crippen LogP contribution in [0, 0.1) is 0 Å². The minimum atomic E-state index is -4.07. The average molecular weight is 398 g/mol. The summed E-state index contributed by atoms with van der Waals surface area (Å²) in [5, 5.41) is 16.9. The lowest BCUT2D eigenvalue weighted by atomic mass is 10.0. The van der Waals surface area contributed by atoms with Gasteiger partial charge in [0.25, 0.3) is 0 Å². The van der Waals surface area contributed by atoms with E-state index in [0.29, 0.717) is 29.6 Å². The van der Waals surface area contributed by atoms with Gasteiger partial charge >= 0.3 is 0 Å². The highest BCUT2D eigenvalue weighted by atomic mass is 35.5. The predicted molar refractivity (Wildman–Crippen MR) is 94.5 cm³/mol. The first kappa shape index (κ1) is 18.8. The molecule has 0 saturated carbocycles. The summed E-state index contributed by atoms with van der Waals surface area (Å²) >= 11 is 13.4. The number of aliphatic hydroxyl groups is 1. The molecule has 3 N–H and O–H groups in total. The monoisotopic (exact) mass is 397 g/mol. The molecule has 0 spiro atoms. The predicted octanol–water partition coefficient (Wildman–Crippen LogP) is 2.23. The van der Waals surface area contributed by atoms with Gasteiger partial charge in [-0.15, -0.1) is 0 Å². The second-order valence-corrected chi connectivity index (χ2v) is 8.18. The molecule has 0 radical (unpaired) electrons. The standard InChI is InChI=1S/C13H17Cl2N3O3S2/c1-3-17-12-18(4-2)13(19,7-22-12)8-5-9(14)11(15)10(6-8)23(16,20)21/h5-6,19H,3-4,7H2,1-2H3,(H2,16,20,21). The van der Waals surface area contributed by atoms with Crippen molar-refractivity contribution in [1.29, 1.82) is 0 Å². The molecule has 6 nitrogen and oxygen atoms in total. The number of nitrogens with two attached hydrogens (primary N) is 1. The van der Waals surface area contributed by atoms with Crippen molar-refractivity contribution in [3.8, 4) is 0 Å². The first-order chi connectivity index (χ1) is 10.6. The molecule has 1 atom stereocenters. The molecule has 0 aromatic heterocycles. The number of nitrogens with zero attached hydrogens (tertiary/aromatic N) is 2. The SMILES string of the molecule is CCN=C1SCC(O)(c2cc(Cl)c(Cl)c(S(N)(=O)=O)c2)N1CC. The van der Waals surface area contributed by atoms with Crippen molar-refractivity contribution in [2.24, 2.45) is 10.1 Å². The zero-order valence-corrected chi connectivity index (χ0v) is 15.7. The van der Waals surface area contributed by atoms with Crippen molar-refractivity contribution in [2.45, 2.75) is 24.5 Å². The van der Waals surface area contributed by atoms with Gasteiger partial charge in [-0.05, 0) is 26.0 Å². The van der Waals surface area contributed by atoms with Crippen molar-refractivity contribution < 1.29 is 13.5 Å². The number of rotatable bonds is 4. The highest BCUT2D eigenvalue weighted by Gasteiger charge is 2.44. The lowest BCUT2D eigenvalue weighted by Gasteiger charge is -2.34. The molecule has 0 bridgehead atoms. The van der Waals surface area contributed by atoms with Gasteiger partial charge in [-0.1, -0.05) is 35.0 Å². The summed E-state index contributed by atoms with van der Waals surface area (Å²) in [6.07, 6.45) is 0. The Labute approximate surface area is 149 Å². The first-order valence-corrected chi connectivity index (χ1v) is 10.1. The minimum absolute atomic E-state index is 0.0172. The van der Waals surface area contributed by atoms with E-state index in [2.05, 4.69) is 4.99 Å². The third kappa shape index (κ3) is 3.47. The number of hydrogen-bond acceptors (Lipinski definition) is 5. The van der Waals surface area contributed by atoms with Gasteiger partial charge in [0.05, 0.1) is 15.8 Å². The smallest absolute Gasteiger partial charge is 0.239 e. The van der Waals surface area contributed by atoms with Crippen molar-refractivity contribution >= 4 is 50.2 Å². The second-order valence-electron chi connectivity index (χ2n) is 4.92. The molecule has 23 heavy (non-hydrogen) atoms. The molecule has 1 saturated heterocycles. The van der Waals surface area contributed by atoms with Gasteiger partial charge in [-0.25, -0.2) is 13.6 Å². The van der Waals surface area contributed by atoms with Gasteiger partial charge in [0.2, 0.25) is 10.0 Å².